The fourth-order valence-corrected chi connectivity index (χ4v) is 1.50. The highest BCUT2D eigenvalue weighted by Gasteiger charge is 2.01. The van der Waals surface area contributed by atoms with E-state index in [4.69, 9.17) is 0 Å². The minimum absolute atomic E-state index is 0.0379. The minimum atomic E-state index is 0.0379. The van der Waals surface area contributed by atoms with E-state index in [-0.39, 0.29) is 5.91 Å². The highest BCUT2D eigenvalue weighted by atomic mass is 16.1. The molecule has 1 amide bonds. The molecule has 0 saturated carbocycles. The van der Waals surface area contributed by atoms with E-state index in [0.717, 1.165) is 23.0 Å². The van der Waals surface area contributed by atoms with Gasteiger partial charge in [0.25, 0.3) is 0 Å². The molecule has 0 bridgehead atoms. The van der Waals surface area contributed by atoms with Crippen LogP contribution in [-0.4, -0.2) is 15.9 Å². The summed E-state index contributed by atoms with van der Waals surface area (Å²) in [7, 11) is 0. The number of aromatic nitrogens is 2. The second-order valence-corrected chi connectivity index (χ2v) is 3.59. The number of anilines is 1. The average molecular weight is 215 g/mol. The Bertz CT molecular complexity index is 510. The number of carbonyl (C=O) groups excluding carboxylic acids is 1. The molecule has 0 unspecified atom stereocenters. The van der Waals surface area contributed by atoms with Crippen LogP contribution in [-0.2, 0) is 4.79 Å². The zero-order valence-electron chi connectivity index (χ0n) is 9.10. The lowest BCUT2D eigenvalue weighted by molar-refractivity contribution is -0.116. The molecule has 82 valence electrons. The summed E-state index contributed by atoms with van der Waals surface area (Å²) >= 11 is 0. The highest BCUT2D eigenvalue weighted by Crippen LogP contribution is 2.16. The van der Waals surface area contributed by atoms with Gasteiger partial charge in [-0.1, -0.05) is 6.92 Å². The van der Waals surface area contributed by atoms with Crippen LogP contribution in [0.1, 0.15) is 19.8 Å². The molecule has 0 spiro atoms. The van der Waals surface area contributed by atoms with Gasteiger partial charge in [0.15, 0.2) is 0 Å². The van der Waals surface area contributed by atoms with Gasteiger partial charge >= 0.3 is 0 Å². The summed E-state index contributed by atoms with van der Waals surface area (Å²) in [5, 5.41) is 3.80. The third-order valence-electron chi connectivity index (χ3n) is 2.27. The van der Waals surface area contributed by atoms with Crippen molar-refractivity contribution in [1.29, 1.82) is 0 Å². The SMILES string of the molecule is CCCC(=O)Nc1ccc2cncnc2c1. The third kappa shape index (κ3) is 2.34. The molecule has 1 aromatic heterocycles. The molecule has 0 aliphatic rings. The maximum atomic E-state index is 11.4. The lowest BCUT2D eigenvalue weighted by Gasteiger charge is -2.04. The number of amides is 1. The average Bonchev–Trinajstić information content (AvgIpc) is 2.29. The Morgan fingerprint density at radius 1 is 1.44 bits per heavy atom. The van der Waals surface area contributed by atoms with Crippen molar-refractivity contribution >= 4 is 22.5 Å². The molecule has 0 aliphatic heterocycles. The van der Waals surface area contributed by atoms with E-state index in [0.29, 0.717) is 6.42 Å². The van der Waals surface area contributed by atoms with Crippen LogP contribution in [0.25, 0.3) is 10.9 Å². The normalized spacial score (nSPS) is 10.3. The number of rotatable bonds is 3. The zero-order valence-corrected chi connectivity index (χ0v) is 9.10. The van der Waals surface area contributed by atoms with Crippen LogP contribution in [0.2, 0.25) is 0 Å². The summed E-state index contributed by atoms with van der Waals surface area (Å²) in [6.45, 7) is 1.98. The number of nitrogens with zero attached hydrogens (tertiary/aromatic N) is 2. The Hall–Kier alpha value is -1.97. The van der Waals surface area contributed by atoms with Gasteiger partial charge < -0.3 is 5.32 Å². The van der Waals surface area contributed by atoms with Crippen LogP contribution in [0, 0.1) is 0 Å². The van der Waals surface area contributed by atoms with Gasteiger partial charge in [0, 0.05) is 23.7 Å². The Labute approximate surface area is 93.7 Å². The van der Waals surface area contributed by atoms with Gasteiger partial charge in [-0.05, 0) is 24.6 Å². The molecule has 2 aromatic rings. The number of fused-ring (bicyclic) bond motifs is 1. The topological polar surface area (TPSA) is 54.9 Å². The van der Waals surface area contributed by atoms with Crippen molar-refractivity contribution in [2.45, 2.75) is 19.8 Å². The highest BCUT2D eigenvalue weighted by molar-refractivity contribution is 5.93. The first-order valence-electron chi connectivity index (χ1n) is 5.29. The van der Waals surface area contributed by atoms with Gasteiger partial charge in [-0.25, -0.2) is 9.97 Å². The first kappa shape index (κ1) is 10.5. The Morgan fingerprint density at radius 3 is 3.12 bits per heavy atom. The third-order valence-corrected chi connectivity index (χ3v) is 2.27. The van der Waals surface area contributed by atoms with Crippen molar-refractivity contribution in [3.63, 3.8) is 0 Å². The van der Waals surface area contributed by atoms with Crippen LogP contribution in [0.15, 0.2) is 30.7 Å². The second kappa shape index (κ2) is 4.70. The van der Waals surface area contributed by atoms with E-state index in [1.54, 1.807) is 6.20 Å². The fourth-order valence-electron chi connectivity index (χ4n) is 1.50. The summed E-state index contributed by atoms with van der Waals surface area (Å²) in [5.74, 6) is 0.0379. The van der Waals surface area contributed by atoms with Gasteiger partial charge in [0.2, 0.25) is 5.91 Å². The van der Waals surface area contributed by atoms with Gasteiger partial charge in [-0.2, -0.15) is 0 Å². The summed E-state index contributed by atoms with van der Waals surface area (Å²) in [6, 6.07) is 5.61. The minimum Gasteiger partial charge on any atom is -0.326 e. The van der Waals surface area contributed by atoms with Crippen LogP contribution in [0.3, 0.4) is 0 Å². The van der Waals surface area contributed by atoms with Crippen molar-refractivity contribution in [3.05, 3.63) is 30.7 Å². The lowest BCUT2D eigenvalue weighted by Crippen LogP contribution is -2.10. The predicted molar refractivity (Wildman–Crippen MR) is 63.1 cm³/mol. The quantitative estimate of drug-likeness (QED) is 0.855. The molecule has 16 heavy (non-hydrogen) atoms. The molecular weight excluding hydrogens is 202 g/mol. The van der Waals surface area contributed by atoms with Crippen LogP contribution in [0.4, 0.5) is 5.69 Å². The molecule has 0 saturated heterocycles. The summed E-state index contributed by atoms with van der Waals surface area (Å²) in [5.41, 5.74) is 1.62. The molecule has 0 fully saturated rings. The maximum absolute atomic E-state index is 11.4. The molecule has 0 atom stereocenters. The van der Waals surface area contributed by atoms with Crippen molar-refractivity contribution in [2.24, 2.45) is 0 Å². The lowest BCUT2D eigenvalue weighted by atomic mass is 10.2. The number of benzene rings is 1. The largest absolute Gasteiger partial charge is 0.326 e. The molecule has 2 rings (SSSR count). The van der Waals surface area contributed by atoms with E-state index in [9.17, 15) is 4.79 Å². The van der Waals surface area contributed by atoms with E-state index < -0.39 is 0 Å². The first-order valence-corrected chi connectivity index (χ1v) is 5.29. The Balaban J connectivity index is 2.22. The Morgan fingerprint density at radius 2 is 2.31 bits per heavy atom. The molecule has 4 heteroatoms. The van der Waals surface area contributed by atoms with Gasteiger partial charge in [0.1, 0.15) is 6.33 Å². The molecule has 1 N–H and O–H groups in total. The summed E-state index contributed by atoms with van der Waals surface area (Å²) in [6.07, 6.45) is 4.64. The van der Waals surface area contributed by atoms with E-state index in [2.05, 4.69) is 15.3 Å². The number of carbonyl (C=O) groups is 1. The summed E-state index contributed by atoms with van der Waals surface area (Å²) in [4.78, 5) is 19.5. The van der Waals surface area contributed by atoms with Crippen molar-refractivity contribution < 1.29 is 4.79 Å². The van der Waals surface area contributed by atoms with E-state index >= 15 is 0 Å². The predicted octanol–water partition coefficient (Wildman–Crippen LogP) is 2.37. The van der Waals surface area contributed by atoms with Crippen LogP contribution in [0.5, 0.6) is 0 Å². The molecule has 0 radical (unpaired) electrons. The fraction of sp³-hybridized carbons (Fsp3) is 0.250. The van der Waals surface area contributed by atoms with Gasteiger partial charge in [-0.15, -0.1) is 0 Å². The molecular formula is C12H13N3O. The van der Waals surface area contributed by atoms with Gasteiger partial charge in [-0.3, -0.25) is 4.79 Å². The van der Waals surface area contributed by atoms with E-state index in [1.807, 2.05) is 25.1 Å². The molecule has 1 aromatic carbocycles. The van der Waals surface area contributed by atoms with Crippen molar-refractivity contribution in [3.8, 4) is 0 Å². The summed E-state index contributed by atoms with van der Waals surface area (Å²) < 4.78 is 0. The number of nitrogens with one attached hydrogen (secondary N) is 1. The smallest absolute Gasteiger partial charge is 0.224 e. The van der Waals surface area contributed by atoms with Crippen molar-refractivity contribution in [2.75, 3.05) is 5.32 Å². The molecule has 0 aliphatic carbocycles. The second-order valence-electron chi connectivity index (χ2n) is 3.59. The Kier molecular flexibility index (Phi) is 3.10. The standard InChI is InChI=1S/C12H13N3O/c1-2-3-12(16)15-10-5-4-9-7-13-8-14-11(9)6-10/h4-8H,2-3H2,1H3,(H,15,16). The van der Waals surface area contributed by atoms with E-state index in [1.165, 1.54) is 6.33 Å². The maximum Gasteiger partial charge on any atom is 0.224 e. The van der Waals surface area contributed by atoms with Crippen molar-refractivity contribution in [1.82, 2.24) is 9.97 Å². The molecule has 1 heterocycles. The van der Waals surface area contributed by atoms with Crippen LogP contribution < -0.4 is 5.32 Å². The molecule has 4 nitrogen and oxygen atoms in total. The number of hydrogen-bond donors (Lipinski definition) is 1. The van der Waals surface area contributed by atoms with Crippen LogP contribution >= 0.6 is 0 Å². The van der Waals surface area contributed by atoms with Gasteiger partial charge in [0.05, 0.1) is 5.52 Å². The first-order chi connectivity index (χ1) is 7.79. The zero-order chi connectivity index (χ0) is 11.4. The monoisotopic (exact) mass is 215 g/mol. The number of hydrogen-bond acceptors (Lipinski definition) is 3.